The molecule has 5 nitrogen and oxygen atoms in total. The highest BCUT2D eigenvalue weighted by Gasteiger charge is 2.44. The second-order valence-corrected chi connectivity index (χ2v) is 9.35. The summed E-state index contributed by atoms with van der Waals surface area (Å²) in [7, 11) is 0. The summed E-state index contributed by atoms with van der Waals surface area (Å²) < 4.78 is 0. The van der Waals surface area contributed by atoms with Gasteiger partial charge in [0.1, 0.15) is 5.70 Å². The highest BCUT2D eigenvalue weighted by atomic mass is 16.2. The zero-order valence-electron chi connectivity index (χ0n) is 20.1. The van der Waals surface area contributed by atoms with E-state index in [-0.39, 0.29) is 17.9 Å². The molecule has 33 heavy (non-hydrogen) atoms. The van der Waals surface area contributed by atoms with Crippen LogP contribution in [0.1, 0.15) is 67.7 Å². The van der Waals surface area contributed by atoms with Gasteiger partial charge in [-0.25, -0.2) is 0 Å². The van der Waals surface area contributed by atoms with Crippen molar-refractivity contribution in [1.29, 1.82) is 0 Å². The van der Waals surface area contributed by atoms with E-state index in [1.54, 1.807) is 17.3 Å². The topological polar surface area (TPSA) is 53.5 Å². The van der Waals surface area contributed by atoms with Crippen LogP contribution in [-0.4, -0.2) is 45.7 Å². The molecule has 2 amide bonds. The summed E-state index contributed by atoms with van der Waals surface area (Å²) in [5.74, 6) is -0.227. The van der Waals surface area contributed by atoms with E-state index < -0.39 is 0 Å². The van der Waals surface area contributed by atoms with E-state index in [9.17, 15) is 9.59 Å². The van der Waals surface area contributed by atoms with Crippen LogP contribution in [0.4, 0.5) is 0 Å². The first-order chi connectivity index (χ1) is 16.0. The Morgan fingerprint density at radius 3 is 2.30 bits per heavy atom. The van der Waals surface area contributed by atoms with Crippen molar-refractivity contribution in [1.82, 2.24) is 14.8 Å². The number of hydrogen-bond donors (Lipinski definition) is 0. The number of carbonyl (C=O) groups is 2. The van der Waals surface area contributed by atoms with Crippen molar-refractivity contribution in [3.8, 4) is 0 Å². The lowest BCUT2D eigenvalue weighted by molar-refractivity contribution is -0.140. The molecule has 2 aromatic rings. The first-order valence-electron chi connectivity index (χ1n) is 12.3. The molecule has 0 N–H and O–H groups in total. The Kier molecular flexibility index (Phi) is 7.26. The quantitative estimate of drug-likeness (QED) is 0.441. The number of imide groups is 1. The van der Waals surface area contributed by atoms with Crippen molar-refractivity contribution in [3.05, 3.63) is 70.7 Å². The maximum absolute atomic E-state index is 13.9. The first kappa shape index (κ1) is 23.2. The minimum absolute atomic E-state index is 0.00431. The molecular formula is C28H35N3O2. The molecule has 1 saturated carbocycles. The van der Waals surface area contributed by atoms with Gasteiger partial charge >= 0.3 is 0 Å². The monoisotopic (exact) mass is 445 g/mol. The molecule has 1 aromatic heterocycles. The van der Waals surface area contributed by atoms with E-state index in [1.807, 2.05) is 31.2 Å². The van der Waals surface area contributed by atoms with Gasteiger partial charge in [-0.05, 0) is 68.9 Å². The van der Waals surface area contributed by atoms with Gasteiger partial charge in [0.25, 0.3) is 11.8 Å². The number of aryl methyl sites for hydroxylation is 2. The number of aromatic nitrogens is 1. The van der Waals surface area contributed by atoms with Crippen LogP contribution < -0.4 is 0 Å². The van der Waals surface area contributed by atoms with Crippen molar-refractivity contribution in [3.63, 3.8) is 0 Å². The first-order valence-corrected chi connectivity index (χ1v) is 12.3. The lowest BCUT2D eigenvalue weighted by Crippen LogP contribution is -2.42. The van der Waals surface area contributed by atoms with Gasteiger partial charge in [-0.15, -0.1) is 0 Å². The molecule has 0 saturated heterocycles. The second-order valence-electron chi connectivity index (χ2n) is 9.35. The minimum Gasteiger partial charge on any atom is -0.366 e. The molecular weight excluding hydrogens is 410 g/mol. The SMILES string of the molecule is CCN(CCc1ccncc1)C1=C(c2ccc(C)cc2C)C(=O)N(C2CCCCCC2)C1=O. The van der Waals surface area contributed by atoms with Crippen LogP contribution >= 0.6 is 0 Å². The number of carbonyl (C=O) groups excluding carboxylic acids is 2. The molecule has 1 fully saturated rings. The van der Waals surface area contributed by atoms with Crippen LogP contribution in [0.25, 0.3) is 5.57 Å². The average molecular weight is 446 g/mol. The van der Waals surface area contributed by atoms with Gasteiger partial charge in [0, 0.05) is 31.5 Å². The molecule has 5 heteroatoms. The maximum atomic E-state index is 13.9. The fourth-order valence-corrected chi connectivity index (χ4v) is 5.25. The number of likely N-dealkylation sites (N-methyl/N-ethyl adjacent to an activating group) is 1. The van der Waals surface area contributed by atoms with Crippen LogP contribution in [0.15, 0.2) is 48.4 Å². The van der Waals surface area contributed by atoms with Crippen LogP contribution in [0.3, 0.4) is 0 Å². The van der Waals surface area contributed by atoms with Gasteiger partial charge in [0.05, 0.1) is 5.57 Å². The molecule has 1 aliphatic carbocycles. The predicted molar refractivity (Wildman–Crippen MR) is 131 cm³/mol. The number of pyridine rings is 1. The molecule has 0 unspecified atom stereocenters. The summed E-state index contributed by atoms with van der Waals surface area (Å²) in [4.78, 5) is 35.6. The van der Waals surface area contributed by atoms with E-state index in [2.05, 4.69) is 29.8 Å². The van der Waals surface area contributed by atoms with Crippen molar-refractivity contribution in [2.75, 3.05) is 13.1 Å². The van der Waals surface area contributed by atoms with Gasteiger partial charge in [-0.1, -0.05) is 49.4 Å². The van der Waals surface area contributed by atoms with E-state index >= 15 is 0 Å². The molecule has 0 spiro atoms. The van der Waals surface area contributed by atoms with Gasteiger partial charge in [0.15, 0.2) is 0 Å². The Hall–Kier alpha value is -2.95. The fourth-order valence-electron chi connectivity index (χ4n) is 5.25. The lowest BCUT2D eigenvalue weighted by atomic mass is 9.97. The minimum atomic E-state index is -0.115. The third kappa shape index (κ3) is 4.87. The molecule has 1 aromatic carbocycles. The average Bonchev–Trinajstić information content (AvgIpc) is 2.97. The zero-order chi connectivity index (χ0) is 23.4. The summed E-state index contributed by atoms with van der Waals surface area (Å²) in [6, 6.07) is 10.2. The third-order valence-electron chi connectivity index (χ3n) is 7.05. The van der Waals surface area contributed by atoms with Crippen molar-refractivity contribution >= 4 is 17.4 Å². The maximum Gasteiger partial charge on any atom is 0.278 e. The smallest absolute Gasteiger partial charge is 0.278 e. The number of hydrogen-bond acceptors (Lipinski definition) is 4. The van der Waals surface area contributed by atoms with E-state index in [4.69, 9.17) is 0 Å². The lowest BCUT2D eigenvalue weighted by Gasteiger charge is -2.28. The second kappa shape index (κ2) is 10.3. The van der Waals surface area contributed by atoms with Gasteiger partial charge in [0.2, 0.25) is 0 Å². The van der Waals surface area contributed by atoms with E-state index in [1.165, 1.54) is 18.4 Å². The summed E-state index contributed by atoms with van der Waals surface area (Å²) in [6.07, 6.45) is 10.7. The Morgan fingerprint density at radius 2 is 1.67 bits per heavy atom. The van der Waals surface area contributed by atoms with E-state index in [0.717, 1.165) is 48.8 Å². The standard InChI is InChI=1S/C28H35N3O2/c1-4-30(18-15-22-13-16-29-17-14-22)26-25(24-12-11-20(2)19-21(24)3)27(32)31(28(26)33)23-9-7-5-6-8-10-23/h11-14,16-17,19,23H,4-10,15,18H2,1-3H3. The normalized spacial score (nSPS) is 17.6. The van der Waals surface area contributed by atoms with Crippen molar-refractivity contribution < 1.29 is 9.59 Å². The zero-order valence-corrected chi connectivity index (χ0v) is 20.1. The summed E-state index contributed by atoms with van der Waals surface area (Å²) in [5, 5.41) is 0. The molecule has 2 heterocycles. The molecule has 174 valence electrons. The van der Waals surface area contributed by atoms with Crippen LogP contribution in [0, 0.1) is 13.8 Å². The van der Waals surface area contributed by atoms with Crippen molar-refractivity contribution in [2.24, 2.45) is 0 Å². The molecule has 4 rings (SSSR count). The number of nitrogens with zero attached hydrogens (tertiary/aromatic N) is 3. The molecule has 1 aliphatic heterocycles. The Labute approximate surface area is 197 Å². The largest absolute Gasteiger partial charge is 0.366 e. The summed E-state index contributed by atoms with van der Waals surface area (Å²) in [5.41, 5.74) is 5.41. The molecule has 0 bridgehead atoms. The Morgan fingerprint density at radius 1 is 0.970 bits per heavy atom. The van der Waals surface area contributed by atoms with Crippen LogP contribution in [-0.2, 0) is 16.0 Å². The van der Waals surface area contributed by atoms with Crippen LogP contribution in [0.2, 0.25) is 0 Å². The number of amides is 2. The van der Waals surface area contributed by atoms with Crippen LogP contribution in [0.5, 0.6) is 0 Å². The predicted octanol–water partition coefficient (Wildman–Crippen LogP) is 5.07. The highest BCUT2D eigenvalue weighted by molar-refractivity contribution is 6.36. The summed E-state index contributed by atoms with van der Waals surface area (Å²) >= 11 is 0. The van der Waals surface area contributed by atoms with Gasteiger partial charge in [-0.3, -0.25) is 19.5 Å². The van der Waals surface area contributed by atoms with Crippen molar-refractivity contribution in [2.45, 2.75) is 71.8 Å². The molecule has 0 radical (unpaired) electrons. The Bertz CT molecular complexity index is 1040. The van der Waals surface area contributed by atoms with Gasteiger partial charge in [-0.2, -0.15) is 0 Å². The highest BCUT2D eigenvalue weighted by Crippen LogP contribution is 2.37. The number of rotatable bonds is 7. The summed E-state index contributed by atoms with van der Waals surface area (Å²) in [6.45, 7) is 7.50. The molecule has 0 atom stereocenters. The Balaban J connectivity index is 1.73. The molecule has 2 aliphatic rings. The van der Waals surface area contributed by atoms with E-state index in [0.29, 0.717) is 24.4 Å². The van der Waals surface area contributed by atoms with Gasteiger partial charge < -0.3 is 4.90 Å². The fraction of sp³-hybridized carbons (Fsp3) is 0.464. The third-order valence-corrected chi connectivity index (χ3v) is 7.05. The number of benzene rings is 1.